The summed E-state index contributed by atoms with van der Waals surface area (Å²) in [6.45, 7) is 1.85. The first-order valence-corrected chi connectivity index (χ1v) is 8.67. The van der Waals surface area contributed by atoms with Crippen LogP contribution in [0.3, 0.4) is 0 Å². The van der Waals surface area contributed by atoms with Crippen LogP contribution < -0.4 is 4.74 Å². The molecule has 1 aliphatic rings. The maximum Gasteiger partial charge on any atom is 0.259 e. The number of halogens is 1. The number of aromatic nitrogens is 3. The normalized spacial score (nSPS) is 17.4. The summed E-state index contributed by atoms with van der Waals surface area (Å²) in [7, 11) is 0. The first-order valence-electron chi connectivity index (χ1n) is 8.67. The molecule has 1 fully saturated rings. The van der Waals surface area contributed by atoms with Crippen LogP contribution in [-0.2, 0) is 0 Å². The topological polar surface area (TPSA) is 59.7 Å². The lowest BCUT2D eigenvalue weighted by Gasteiger charge is -2.32. The fourth-order valence-electron chi connectivity index (χ4n) is 3.28. The zero-order chi connectivity index (χ0) is 17.9. The van der Waals surface area contributed by atoms with E-state index in [1.807, 2.05) is 4.90 Å². The molecule has 0 spiro atoms. The smallest absolute Gasteiger partial charge is 0.259 e. The van der Waals surface area contributed by atoms with E-state index in [4.69, 9.17) is 4.74 Å². The molecule has 0 aliphatic carbocycles. The SMILES string of the molecule is O=C(c1cnn2cccnc12)N1CCC[C@H](COc2ccc(F)cc2)C1. The number of hydrogen-bond donors (Lipinski definition) is 0. The number of piperidine rings is 1. The second kappa shape index (κ2) is 7.11. The van der Waals surface area contributed by atoms with E-state index in [9.17, 15) is 9.18 Å². The van der Waals surface area contributed by atoms with E-state index < -0.39 is 0 Å². The van der Waals surface area contributed by atoms with E-state index in [1.165, 1.54) is 12.1 Å². The van der Waals surface area contributed by atoms with Crippen LogP contribution in [0.1, 0.15) is 23.2 Å². The van der Waals surface area contributed by atoms with Crippen molar-refractivity contribution in [1.82, 2.24) is 19.5 Å². The summed E-state index contributed by atoms with van der Waals surface area (Å²) in [6.07, 6.45) is 6.93. The predicted molar refractivity (Wildman–Crippen MR) is 93.5 cm³/mol. The summed E-state index contributed by atoms with van der Waals surface area (Å²) in [5.41, 5.74) is 1.09. The van der Waals surface area contributed by atoms with Crippen molar-refractivity contribution >= 4 is 11.6 Å². The fourth-order valence-corrected chi connectivity index (χ4v) is 3.28. The highest BCUT2D eigenvalue weighted by atomic mass is 19.1. The minimum atomic E-state index is -0.284. The van der Waals surface area contributed by atoms with E-state index in [2.05, 4.69) is 10.1 Å². The highest BCUT2D eigenvalue weighted by molar-refractivity contribution is 5.99. The highest BCUT2D eigenvalue weighted by Gasteiger charge is 2.27. The molecule has 0 radical (unpaired) electrons. The molecule has 7 heteroatoms. The molecule has 2 aromatic heterocycles. The van der Waals surface area contributed by atoms with E-state index >= 15 is 0 Å². The van der Waals surface area contributed by atoms with Gasteiger partial charge in [0.25, 0.3) is 5.91 Å². The van der Waals surface area contributed by atoms with Crippen LogP contribution in [0.2, 0.25) is 0 Å². The quantitative estimate of drug-likeness (QED) is 0.723. The number of nitrogens with zero attached hydrogens (tertiary/aromatic N) is 4. The predicted octanol–water partition coefficient (Wildman–Crippen LogP) is 2.80. The van der Waals surface area contributed by atoms with Gasteiger partial charge in [-0.1, -0.05) is 0 Å². The van der Waals surface area contributed by atoms with Gasteiger partial charge in [0.05, 0.1) is 12.8 Å². The molecule has 1 saturated heterocycles. The monoisotopic (exact) mass is 354 g/mol. The second-order valence-corrected chi connectivity index (χ2v) is 6.47. The molecule has 0 N–H and O–H groups in total. The van der Waals surface area contributed by atoms with Crippen molar-refractivity contribution in [1.29, 1.82) is 0 Å². The number of likely N-dealkylation sites (tertiary alicyclic amines) is 1. The third-order valence-corrected chi connectivity index (χ3v) is 4.62. The Kier molecular flexibility index (Phi) is 4.51. The standard InChI is InChI=1S/C19H19FN4O2/c20-15-4-6-16(7-5-15)26-13-14-3-1-9-23(12-14)19(25)17-11-22-24-10-2-8-21-18(17)24/h2,4-8,10-11,14H,1,3,9,12-13H2/t14-/m0/s1. The number of fused-ring (bicyclic) bond motifs is 1. The first kappa shape index (κ1) is 16.5. The van der Waals surface area contributed by atoms with Gasteiger partial charge >= 0.3 is 0 Å². The number of rotatable bonds is 4. The Labute approximate surface area is 150 Å². The van der Waals surface area contributed by atoms with Crippen LogP contribution in [0.25, 0.3) is 5.65 Å². The lowest BCUT2D eigenvalue weighted by atomic mass is 9.98. The fraction of sp³-hybridized carbons (Fsp3) is 0.316. The molecule has 3 aromatic rings. The maximum absolute atomic E-state index is 13.0. The van der Waals surface area contributed by atoms with Gasteiger partial charge in [0, 0.05) is 31.4 Å². The molecular formula is C19H19FN4O2. The maximum atomic E-state index is 13.0. The van der Waals surface area contributed by atoms with E-state index in [0.29, 0.717) is 30.1 Å². The van der Waals surface area contributed by atoms with Crippen molar-refractivity contribution in [2.24, 2.45) is 5.92 Å². The van der Waals surface area contributed by atoms with Crippen molar-refractivity contribution in [2.75, 3.05) is 19.7 Å². The average Bonchev–Trinajstić information content (AvgIpc) is 3.11. The zero-order valence-corrected chi connectivity index (χ0v) is 14.2. The van der Waals surface area contributed by atoms with Crippen molar-refractivity contribution in [2.45, 2.75) is 12.8 Å². The van der Waals surface area contributed by atoms with Crippen molar-refractivity contribution < 1.29 is 13.9 Å². The minimum absolute atomic E-state index is 0.0508. The lowest BCUT2D eigenvalue weighted by Crippen LogP contribution is -2.41. The van der Waals surface area contributed by atoms with E-state index in [-0.39, 0.29) is 17.6 Å². The molecule has 3 heterocycles. The Hall–Kier alpha value is -2.96. The van der Waals surface area contributed by atoms with Gasteiger partial charge in [-0.25, -0.2) is 13.9 Å². The van der Waals surface area contributed by atoms with Gasteiger partial charge in [-0.2, -0.15) is 5.10 Å². The molecule has 6 nitrogen and oxygen atoms in total. The Morgan fingerprint density at radius 3 is 3.00 bits per heavy atom. The molecule has 26 heavy (non-hydrogen) atoms. The molecular weight excluding hydrogens is 335 g/mol. The van der Waals surface area contributed by atoms with Gasteiger partial charge in [0.15, 0.2) is 5.65 Å². The van der Waals surface area contributed by atoms with E-state index in [1.54, 1.807) is 41.3 Å². The van der Waals surface area contributed by atoms with Gasteiger partial charge < -0.3 is 9.64 Å². The summed E-state index contributed by atoms with van der Waals surface area (Å²) in [5.74, 6) is 0.549. The van der Waals surface area contributed by atoms with Gasteiger partial charge in [0.1, 0.15) is 17.1 Å². The van der Waals surface area contributed by atoms with Crippen molar-refractivity contribution in [3.63, 3.8) is 0 Å². The van der Waals surface area contributed by atoms with Gasteiger partial charge in [0.2, 0.25) is 0 Å². The second-order valence-electron chi connectivity index (χ2n) is 6.47. The third-order valence-electron chi connectivity index (χ3n) is 4.62. The van der Waals surface area contributed by atoms with Gasteiger partial charge in [-0.05, 0) is 43.2 Å². The number of carbonyl (C=O) groups excluding carboxylic acids is 1. The van der Waals surface area contributed by atoms with Crippen LogP contribution in [-0.4, -0.2) is 45.1 Å². The zero-order valence-electron chi connectivity index (χ0n) is 14.2. The van der Waals surface area contributed by atoms with Crippen LogP contribution in [0, 0.1) is 11.7 Å². The van der Waals surface area contributed by atoms with Gasteiger partial charge in [-0.3, -0.25) is 4.79 Å². The number of hydrogen-bond acceptors (Lipinski definition) is 4. The third kappa shape index (κ3) is 3.37. The number of amides is 1. The Balaban J connectivity index is 1.41. The van der Waals surface area contributed by atoms with Crippen LogP contribution in [0.4, 0.5) is 4.39 Å². The summed E-state index contributed by atoms with van der Waals surface area (Å²) in [5, 5.41) is 4.19. The summed E-state index contributed by atoms with van der Waals surface area (Å²) < 4.78 is 20.3. The van der Waals surface area contributed by atoms with E-state index in [0.717, 1.165) is 19.4 Å². The molecule has 4 rings (SSSR count). The molecule has 0 bridgehead atoms. The Morgan fingerprint density at radius 2 is 2.15 bits per heavy atom. The van der Waals surface area contributed by atoms with Crippen molar-refractivity contribution in [3.8, 4) is 5.75 Å². The van der Waals surface area contributed by atoms with Crippen LogP contribution in [0.5, 0.6) is 5.75 Å². The first-order chi connectivity index (χ1) is 12.7. The summed E-state index contributed by atoms with van der Waals surface area (Å²) >= 11 is 0. The largest absolute Gasteiger partial charge is 0.493 e. The highest BCUT2D eigenvalue weighted by Crippen LogP contribution is 2.21. The van der Waals surface area contributed by atoms with Crippen molar-refractivity contribution in [3.05, 3.63) is 60.3 Å². The Morgan fingerprint density at radius 1 is 1.31 bits per heavy atom. The summed E-state index contributed by atoms with van der Waals surface area (Å²) in [6, 6.07) is 7.77. The molecule has 1 aromatic carbocycles. The average molecular weight is 354 g/mol. The number of benzene rings is 1. The molecule has 1 amide bonds. The van der Waals surface area contributed by atoms with Gasteiger partial charge in [-0.15, -0.1) is 0 Å². The number of ether oxygens (including phenoxy) is 1. The summed E-state index contributed by atoms with van der Waals surface area (Å²) in [4.78, 5) is 19.0. The minimum Gasteiger partial charge on any atom is -0.493 e. The molecule has 0 unspecified atom stereocenters. The lowest BCUT2D eigenvalue weighted by molar-refractivity contribution is 0.0635. The molecule has 1 atom stereocenters. The van der Waals surface area contributed by atoms with Crippen LogP contribution in [0.15, 0.2) is 48.9 Å². The molecule has 134 valence electrons. The molecule has 0 saturated carbocycles. The number of carbonyl (C=O) groups is 1. The molecule has 1 aliphatic heterocycles. The Bertz CT molecular complexity index is 909. The van der Waals surface area contributed by atoms with Crippen LogP contribution >= 0.6 is 0 Å².